The van der Waals surface area contributed by atoms with Crippen LogP contribution in [0.25, 0.3) is 11.6 Å². The molecule has 4 nitrogen and oxygen atoms in total. The first-order valence-electron chi connectivity index (χ1n) is 10.3. The second-order valence-electron chi connectivity index (χ2n) is 7.28. The quantitative estimate of drug-likeness (QED) is 0.466. The van der Waals surface area contributed by atoms with Crippen molar-refractivity contribution < 1.29 is 9.53 Å². The van der Waals surface area contributed by atoms with E-state index in [0.717, 1.165) is 30.0 Å². The highest BCUT2D eigenvalue weighted by molar-refractivity contribution is 6.24. The predicted octanol–water partition coefficient (Wildman–Crippen LogP) is 4.58. The zero-order valence-corrected chi connectivity index (χ0v) is 17.2. The molecule has 1 saturated heterocycles. The van der Waals surface area contributed by atoms with Crippen LogP contribution in [0.3, 0.4) is 0 Å². The van der Waals surface area contributed by atoms with Gasteiger partial charge in [0.2, 0.25) is 0 Å². The van der Waals surface area contributed by atoms with Gasteiger partial charge >= 0.3 is 0 Å². The van der Waals surface area contributed by atoms with E-state index in [0.29, 0.717) is 18.7 Å². The molecule has 1 amide bonds. The molecular formula is C26H26N2O2. The maximum Gasteiger partial charge on any atom is 0.254 e. The first-order chi connectivity index (χ1) is 14.8. The molecule has 0 N–H and O–H groups in total. The van der Waals surface area contributed by atoms with E-state index in [-0.39, 0.29) is 5.91 Å². The van der Waals surface area contributed by atoms with E-state index >= 15 is 0 Å². The van der Waals surface area contributed by atoms with E-state index in [1.165, 1.54) is 5.69 Å². The van der Waals surface area contributed by atoms with Crippen molar-refractivity contribution in [1.29, 1.82) is 0 Å². The van der Waals surface area contributed by atoms with E-state index in [4.69, 9.17) is 4.74 Å². The number of methoxy groups -OCH3 is 1. The van der Waals surface area contributed by atoms with E-state index < -0.39 is 0 Å². The van der Waals surface area contributed by atoms with E-state index in [2.05, 4.69) is 29.2 Å². The smallest absolute Gasteiger partial charge is 0.254 e. The minimum absolute atomic E-state index is 0.0554. The summed E-state index contributed by atoms with van der Waals surface area (Å²) in [6, 6.07) is 28.0. The molecule has 0 atom stereocenters. The fraction of sp³-hybridized carbons (Fsp3) is 0.192. The van der Waals surface area contributed by atoms with Crippen LogP contribution in [0.2, 0.25) is 0 Å². The third kappa shape index (κ3) is 4.38. The Kier molecular flexibility index (Phi) is 6.14. The van der Waals surface area contributed by atoms with Crippen LogP contribution in [-0.2, 0) is 4.79 Å². The zero-order valence-electron chi connectivity index (χ0n) is 17.2. The summed E-state index contributed by atoms with van der Waals surface area (Å²) >= 11 is 0. The Morgan fingerprint density at radius 3 is 2.07 bits per heavy atom. The third-order valence-corrected chi connectivity index (χ3v) is 5.44. The second kappa shape index (κ2) is 9.31. The summed E-state index contributed by atoms with van der Waals surface area (Å²) in [5, 5.41) is 0. The van der Waals surface area contributed by atoms with E-state index in [1.807, 2.05) is 71.6 Å². The van der Waals surface area contributed by atoms with Crippen molar-refractivity contribution in [2.24, 2.45) is 0 Å². The highest BCUT2D eigenvalue weighted by Gasteiger charge is 2.24. The van der Waals surface area contributed by atoms with Crippen LogP contribution >= 0.6 is 0 Å². The zero-order chi connectivity index (χ0) is 20.8. The number of hydrogen-bond acceptors (Lipinski definition) is 3. The topological polar surface area (TPSA) is 32.8 Å². The first kappa shape index (κ1) is 19.8. The summed E-state index contributed by atoms with van der Waals surface area (Å²) in [5.41, 5.74) is 3.71. The van der Waals surface area contributed by atoms with Crippen LogP contribution in [0.1, 0.15) is 11.1 Å². The van der Waals surface area contributed by atoms with Gasteiger partial charge in [0.15, 0.2) is 0 Å². The molecule has 0 saturated carbocycles. The first-order valence-corrected chi connectivity index (χ1v) is 10.3. The van der Waals surface area contributed by atoms with Crippen molar-refractivity contribution in [3.63, 3.8) is 0 Å². The molecule has 0 aromatic heterocycles. The molecule has 0 unspecified atom stereocenters. The van der Waals surface area contributed by atoms with Gasteiger partial charge in [-0.25, -0.2) is 0 Å². The van der Waals surface area contributed by atoms with Crippen molar-refractivity contribution in [3.8, 4) is 5.75 Å². The lowest BCUT2D eigenvalue weighted by Gasteiger charge is -2.36. The van der Waals surface area contributed by atoms with Gasteiger partial charge in [-0.3, -0.25) is 4.79 Å². The molecule has 0 bridgehead atoms. The lowest BCUT2D eigenvalue weighted by Crippen LogP contribution is -2.49. The standard InChI is InChI=1S/C26H26N2O2/c1-30-25-15-9-8-12-22(25)20-24(21-10-4-2-5-11-21)26(29)28-18-16-27(17-19-28)23-13-6-3-7-14-23/h2-15,20H,16-19H2,1H3/b24-20+. The minimum atomic E-state index is 0.0554. The van der Waals surface area contributed by atoms with Crippen LogP contribution in [0.15, 0.2) is 84.9 Å². The molecule has 4 rings (SSSR count). The van der Waals surface area contributed by atoms with Crippen molar-refractivity contribution in [2.75, 3.05) is 38.2 Å². The number of anilines is 1. The number of carbonyl (C=O) groups is 1. The number of hydrogen-bond donors (Lipinski definition) is 0. The number of para-hydroxylation sites is 2. The third-order valence-electron chi connectivity index (χ3n) is 5.44. The lowest BCUT2D eigenvalue weighted by molar-refractivity contribution is -0.125. The van der Waals surface area contributed by atoms with Gasteiger partial charge in [0.05, 0.1) is 7.11 Å². The van der Waals surface area contributed by atoms with Gasteiger partial charge < -0.3 is 14.5 Å². The van der Waals surface area contributed by atoms with Crippen LogP contribution < -0.4 is 9.64 Å². The number of amides is 1. The molecular weight excluding hydrogens is 372 g/mol. The Balaban J connectivity index is 1.59. The molecule has 4 heteroatoms. The summed E-state index contributed by atoms with van der Waals surface area (Å²) < 4.78 is 5.49. The van der Waals surface area contributed by atoms with Gasteiger partial charge in [0.25, 0.3) is 5.91 Å². The highest BCUT2D eigenvalue weighted by Crippen LogP contribution is 2.27. The molecule has 1 aliphatic heterocycles. The van der Waals surface area contributed by atoms with Gasteiger partial charge in [-0.1, -0.05) is 66.7 Å². The minimum Gasteiger partial charge on any atom is -0.496 e. The van der Waals surface area contributed by atoms with Gasteiger partial charge in [0, 0.05) is 43.0 Å². The fourth-order valence-electron chi connectivity index (χ4n) is 3.80. The molecule has 1 aliphatic rings. The maximum atomic E-state index is 13.5. The number of carbonyl (C=O) groups excluding carboxylic acids is 1. The number of nitrogens with zero attached hydrogens (tertiary/aromatic N) is 2. The molecule has 3 aromatic rings. The summed E-state index contributed by atoms with van der Waals surface area (Å²) in [6.45, 7) is 3.05. The molecule has 1 fully saturated rings. The fourth-order valence-corrected chi connectivity index (χ4v) is 3.80. The average molecular weight is 399 g/mol. The van der Waals surface area contributed by atoms with Crippen molar-refractivity contribution in [2.45, 2.75) is 0 Å². The Hall–Kier alpha value is -3.53. The number of piperazine rings is 1. The Labute approximate surface area is 178 Å². The largest absolute Gasteiger partial charge is 0.496 e. The Morgan fingerprint density at radius 2 is 1.40 bits per heavy atom. The summed E-state index contributed by atoms with van der Waals surface area (Å²) in [4.78, 5) is 17.8. The van der Waals surface area contributed by atoms with Gasteiger partial charge in [-0.2, -0.15) is 0 Å². The van der Waals surface area contributed by atoms with Gasteiger partial charge in [0.1, 0.15) is 5.75 Å². The lowest BCUT2D eigenvalue weighted by atomic mass is 10.0. The molecule has 3 aromatic carbocycles. The van der Waals surface area contributed by atoms with E-state index in [1.54, 1.807) is 7.11 Å². The SMILES string of the molecule is COc1ccccc1/C=C(/C(=O)N1CCN(c2ccccc2)CC1)c1ccccc1. The molecule has 0 aliphatic carbocycles. The highest BCUT2D eigenvalue weighted by atomic mass is 16.5. The molecule has 1 heterocycles. The van der Waals surface area contributed by atoms with Crippen LogP contribution in [-0.4, -0.2) is 44.1 Å². The average Bonchev–Trinajstić information content (AvgIpc) is 2.83. The van der Waals surface area contributed by atoms with Crippen LogP contribution in [0.5, 0.6) is 5.75 Å². The number of benzene rings is 3. The molecule has 0 spiro atoms. The maximum absolute atomic E-state index is 13.5. The predicted molar refractivity (Wildman–Crippen MR) is 123 cm³/mol. The Morgan fingerprint density at radius 1 is 0.800 bits per heavy atom. The van der Waals surface area contributed by atoms with Gasteiger partial charge in [-0.05, 0) is 29.8 Å². The number of ether oxygens (including phenoxy) is 1. The second-order valence-corrected chi connectivity index (χ2v) is 7.28. The molecule has 30 heavy (non-hydrogen) atoms. The van der Waals surface area contributed by atoms with E-state index in [9.17, 15) is 4.79 Å². The summed E-state index contributed by atoms with van der Waals surface area (Å²) in [7, 11) is 1.65. The normalized spacial score (nSPS) is 14.5. The number of rotatable bonds is 5. The van der Waals surface area contributed by atoms with Crippen molar-refractivity contribution >= 4 is 23.2 Å². The van der Waals surface area contributed by atoms with Crippen LogP contribution in [0.4, 0.5) is 5.69 Å². The van der Waals surface area contributed by atoms with Gasteiger partial charge in [-0.15, -0.1) is 0 Å². The molecule has 0 radical (unpaired) electrons. The Bertz CT molecular complexity index is 1010. The van der Waals surface area contributed by atoms with Crippen LogP contribution in [0, 0.1) is 0 Å². The summed E-state index contributed by atoms with van der Waals surface area (Å²) in [6.07, 6.45) is 1.94. The monoisotopic (exact) mass is 398 g/mol. The van der Waals surface area contributed by atoms with Crippen molar-refractivity contribution in [3.05, 3.63) is 96.1 Å². The van der Waals surface area contributed by atoms with Crippen molar-refractivity contribution in [1.82, 2.24) is 4.90 Å². The summed E-state index contributed by atoms with van der Waals surface area (Å²) in [5.74, 6) is 0.812. The molecule has 152 valence electrons.